The van der Waals surface area contributed by atoms with Gasteiger partial charge in [-0.05, 0) is 36.1 Å². The highest BCUT2D eigenvalue weighted by Crippen LogP contribution is 2.34. The Bertz CT molecular complexity index is 186. The Hall–Kier alpha value is -0.0400. The van der Waals surface area contributed by atoms with Crippen LogP contribution in [0.2, 0.25) is 0 Å². The SMILES string of the molecule is CCCC(C)CC(C)(CNCC(C)C)C(C)C. The van der Waals surface area contributed by atoms with Gasteiger partial charge in [0.2, 0.25) is 0 Å². The van der Waals surface area contributed by atoms with E-state index in [4.69, 9.17) is 0 Å². The standard InChI is InChI=1S/C16H35N/c1-8-9-15(6)10-16(7,14(4)5)12-17-11-13(2)3/h13-15,17H,8-12H2,1-7H3. The molecule has 0 saturated heterocycles. The lowest BCUT2D eigenvalue weighted by molar-refractivity contribution is 0.156. The third-order valence-electron chi connectivity index (χ3n) is 4.07. The molecule has 0 aromatic heterocycles. The van der Waals surface area contributed by atoms with Crippen molar-refractivity contribution in [3.8, 4) is 0 Å². The van der Waals surface area contributed by atoms with Crippen LogP contribution in [0.5, 0.6) is 0 Å². The van der Waals surface area contributed by atoms with Gasteiger partial charge in [-0.15, -0.1) is 0 Å². The lowest BCUT2D eigenvalue weighted by atomic mass is 9.72. The molecule has 2 atom stereocenters. The number of rotatable bonds is 9. The summed E-state index contributed by atoms with van der Waals surface area (Å²) in [5.74, 6) is 2.36. The molecule has 0 fully saturated rings. The van der Waals surface area contributed by atoms with Crippen molar-refractivity contribution in [1.82, 2.24) is 5.32 Å². The molecule has 0 heterocycles. The molecule has 1 nitrogen and oxygen atoms in total. The maximum atomic E-state index is 3.65. The molecule has 2 unspecified atom stereocenters. The molecule has 0 aliphatic carbocycles. The minimum Gasteiger partial charge on any atom is -0.316 e. The van der Waals surface area contributed by atoms with Crippen LogP contribution >= 0.6 is 0 Å². The van der Waals surface area contributed by atoms with Gasteiger partial charge in [-0.3, -0.25) is 0 Å². The Labute approximate surface area is 110 Å². The van der Waals surface area contributed by atoms with Gasteiger partial charge in [0.05, 0.1) is 0 Å². The number of hydrogen-bond donors (Lipinski definition) is 1. The van der Waals surface area contributed by atoms with Gasteiger partial charge in [0, 0.05) is 6.54 Å². The summed E-state index contributed by atoms with van der Waals surface area (Å²) in [6.07, 6.45) is 4.03. The molecular weight excluding hydrogens is 206 g/mol. The van der Waals surface area contributed by atoms with E-state index in [0.29, 0.717) is 5.41 Å². The summed E-state index contributed by atoms with van der Waals surface area (Å²) in [7, 11) is 0. The fourth-order valence-electron chi connectivity index (χ4n) is 2.55. The average Bonchev–Trinajstić information content (AvgIpc) is 2.16. The quantitative estimate of drug-likeness (QED) is 0.616. The van der Waals surface area contributed by atoms with Crippen LogP contribution in [0, 0.1) is 23.2 Å². The van der Waals surface area contributed by atoms with Crippen molar-refractivity contribution in [2.24, 2.45) is 23.2 Å². The van der Waals surface area contributed by atoms with Crippen LogP contribution in [0.1, 0.15) is 67.7 Å². The van der Waals surface area contributed by atoms with E-state index in [1.165, 1.54) is 19.3 Å². The molecule has 1 N–H and O–H groups in total. The Morgan fingerprint density at radius 1 is 1.06 bits per heavy atom. The molecular formula is C16H35N. The summed E-state index contributed by atoms with van der Waals surface area (Å²) in [5.41, 5.74) is 0.448. The summed E-state index contributed by atoms with van der Waals surface area (Å²) in [5, 5.41) is 3.65. The minimum atomic E-state index is 0.448. The summed E-state index contributed by atoms with van der Waals surface area (Å²) < 4.78 is 0. The van der Waals surface area contributed by atoms with Gasteiger partial charge in [-0.25, -0.2) is 0 Å². The van der Waals surface area contributed by atoms with Crippen molar-refractivity contribution in [3.63, 3.8) is 0 Å². The lowest BCUT2D eigenvalue weighted by Crippen LogP contribution is -2.38. The number of nitrogens with one attached hydrogen (secondary N) is 1. The highest BCUT2D eigenvalue weighted by molar-refractivity contribution is 4.82. The van der Waals surface area contributed by atoms with Crippen LogP contribution in [0.3, 0.4) is 0 Å². The molecule has 0 rings (SSSR count). The van der Waals surface area contributed by atoms with Crippen LogP contribution in [-0.2, 0) is 0 Å². The molecule has 0 bridgehead atoms. The third kappa shape index (κ3) is 7.08. The van der Waals surface area contributed by atoms with Crippen molar-refractivity contribution < 1.29 is 0 Å². The highest BCUT2D eigenvalue weighted by Gasteiger charge is 2.29. The first-order chi connectivity index (χ1) is 7.81. The number of hydrogen-bond acceptors (Lipinski definition) is 1. The van der Waals surface area contributed by atoms with E-state index in [0.717, 1.165) is 30.8 Å². The van der Waals surface area contributed by atoms with Crippen molar-refractivity contribution in [1.29, 1.82) is 0 Å². The first-order valence-electron chi connectivity index (χ1n) is 7.52. The Kier molecular flexibility index (Phi) is 8.11. The second-order valence-corrected chi connectivity index (χ2v) is 6.93. The predicted molar refractivity (Wildman–Crippen MR) is 79.3 cm³/mol. The van der Waals surface area contributed by atoms with Crippen LogP contribution in [-0.4, -0.2) is 13.1 Å². The molecule has 0 spiro atoms. The summed E-state index contributed by atoms with van der Waals surface area (Å²) in [6.45, 7) is 18.8. The van der Waals surface area contributed by atoms with E-state index in [9.17, 15) is 0 Å². The molecule has 0 amide bonds. The zero-order chi connectivity index (χ0) is 13.5. The topological polar surface area (TPSA) is 12.0 Å². The van der Waals surface area contributed by atoms with Crippen LogP contribution in [0.4, 0.5) is 0 Å². The Balaban J connectivity index is 4.25. The van der Waals surface area contributed by atoms with Gasteiger partial charge in [0.15, 0.2) is 0 Å². The molecule has 0 radical (unpaired) electrons. The average molecular weight is 241 g/mol. The highest BCUT2D eigenvalue weighted by atomic mass is 14.9. The van der Waals surface area contributed by atoms with Crippen molar-refractivity contribution >= 4 is 0 Å². The van der Waals surface area contributed by atoms with Crippen LogP contribution in [0.15, 0.2) is 0 Å². The fourth-order valence-corrected chi connectivity index (χ4v) is 2.55. The van der Waals surface area contributed by atoms with Gasteiger partial charge < -0.3 is 5.32 Å². The second-order valence-electron chi connectivity index (χ2n) is 6.93. The van der Waals surface area contributed by atoms with Crippen molar-refractivity contribution in [2.45, 2.75) is 67.7 Å². The normalized spacial score (nSPS) is 17.5. The molecule has 17 heavy (non-hydrogen) atoms. The van der Waals surface area contributed by atoms with E-state index in [1.54, 1.807) is 0 Å². The van der Waals surface area contributed by atoms with E-state index >= 15 is 0 Å². The van der Waals surface area contributed by atoms with Crippen LogP contribution < -0.4 is 5.32 Å². The smallest absolute Gasteiger partial charge is 0.000782 e. The molecule has 0 aromatic rings. The zero-order valence-corrected chi connectivity index (χ0v) is 13.3. The van der Waals surface area contributed by atoms with E-state index < -0.39 is 0 Å². The van der Waals surface area contributed by atoms with Crippen molar-refractivity contribution in [3.05, 3.63) is 0 Å². The monoisotopic (exact) mass is 241 g/mol. The van der Waals surface area contributed by atoms with Crippen molar-refractivity contribution in [2.75, 3.05) is 13.1 Å². The first-order valence-corrected chi connectivity index (χ1v) is 7.52. The lowest BCUT2D eigenvalue weighted by Gasteiger charge is -2.37. The van der Waals surface area contributed by atoms with Gasteiger partial charge in [0.25, 0.3) is 0 Å². The maximum absolute atomic E-state index is 3.65. The summed E-state index contributed by atoms with van der Waals surface area (Å²) >= 11 is 0. The molecule has 0 aromatic carbocycles. The minimum absolute atomic E-state index is 0.448. The van der Waals surface area contributed by atoms with Crippen LogP contribution in [0.25, 0.3) is 0 Å². The largest absolute Gasteiger partial charge is 0.316 e. The van der Waals surface area contributed by atoms with E-state index in [2.05, 4.69) is 53.8 Å². The fraction of sp³-hybridized carbons (Fsp3) is 1.00. The predicted octanol–water partition coefficient (Wildman–Crippen LogP) is 4.72. The molecule has 1 heteroatoms. The van der Waals surface area contributed by atoms with Gasteiger partial charge in [0.1, 0.15) is 0 Å². The molecule has 0 saturated carbocycles. The van der Waals surface area contributed by atoms with Gasteiger partial charge in [-0.2, -0.15) is 0 Å². The Morgan fingerprint density at radius 3 is 2.06 bits per heavy atom. The second kappa shape index (κ2) is 8.13. The Morgan fingerprint density at radius 2 is 1.65 bits per heavy atom. The van der Waals surface area contributed by atoms with E-state index in [1.807, 2.05) is 0 Å². The molecule has 104 valence electrons. The first kappa shape index (κ1) is 17.0. The molecule has 0 aliphatic heterocycles. The van der Waals surface area contributed by atoms with Gasteiger partial charge in [-0.1, -0.05) is 61.3 Å². The third-order valence-corrected chi connectivity index (χ3v) is 4.07. The summed E-state index contributed by atoms with van der Waals surface area (Å²) in [4.78, 5) is 0. The van der Waals surface area contributed by atoms with Gasteiger partial charge >= 0.3 is 0 Å². The molecule has 0 aliphatic rings. The zero-order valence-electron chi connectivity index (χ0n) is 13.3. The summed E-state index contributed by atoms with van der Waals surface area (Å²) in [6, 6.07) is 0. The van der Waals surface area contributed by atoms with E-state index in [-0.39, 0.29) is 0 Å². The maximum Gasteiger partial charge on any atom is 0.000782 e.